The Balaban J connectivity index is 1.80. The lowest BCUT2D eigenvalue weighted by Gasteiger charge is -2.35. The molecule has 0 aliphatic carbocycles. The maximum Gasteiger partial charge on any atom is 0.0798 e. The molecule has 1 unspecified atom stereocenters. The molecule has 1 N–H and O–H groups in total. The Morgan fingerprint density at radius 3 is 2.95 bits per heavy atom. The maximum absolute atomic E-state index is 4.57. The van der Waals surface area contributed by atoms with Crippen LogP contribution in [0.15, 0.2) is 35.8 Å². The van der Waals surface area contributed by atoms with Crippen LogP contribution in [0, 0.1) is 6.92 Å². The summed E-state index contributed by atoms with van der Waals surface area (Å²) in [6.07, 6.45) is 0. The lowest BCUT2D eigenvalue weighted by molar-refractivity contribution is 0.150. The molecule has 1 aliphatic rings. The van der Waals surface area contributed by atoms with Gasteiger partial charge in [-0.1, -0.05) is 30.3 Å². The zero-order valence-electron chi connectivity index (χ0n) is 11.2. The number of piperazine rings is 1. The van der Waals surface area contributed by atoms with Gasteiger partial charge < -0.3 is 5.32 Å². The topological polar surface area (TPSA) is 28.2 Å². The first-order valence-corrected chi connectivity index (χ1v) is 7.61. The molecule has 0 bridgehead atoms. The van der Waals surface area contributed by atoms with Gasteiger partial charge in [-0.2, -0.15) is 0 Å². The maximum atomic E-state index is 4.57. The van der Waals surface area contributed by atoms with Crippen molar-refractivity contribution in [2.24, 2.45) is 0 Å². The van der Waals surface area contributed by atoms with E-state index in [1.165, 1.54) is 16.1 Å². The lowest BCUT2D eigenvalue weighted by atomic mass is 10.1. The van der Waals surface area contributed by atoms with Crippen LogP contribution in [0.25, 0.3) is 0 Å². The van der Waals surface area contributed by atoms with Gasteiger partial charge in [-0.25, -0.2) is 4.98 Å². The molecule has 1 aromatic heterocycles. The number of nitrogens with one attached hydrogen (secondary N) is 1. The van der Waals surface area contributed by atoms with E-state index in [0.29, 0.717) is 6.04 Å². The SMILES string of the molecule is Cc1scnc1C1CNCCN1Cc1ccccc1. The Kier molecular flexibility index (Phi) is 3.92. The standard InChI is InChI=1S/C15H19N3S/c1-12-15(17-11-19-12)14-9-16-7-8-18(14)10-13-5-3-2-4-6-13/h2-6,11,14,16H,7-10H2,1H3. The molecule has 2 aromatic rings. The molecular weight excluding hydrogens is 254 g/mol. The Labute approximate surface area is 118 Å². The minimum Gasteiger partial charge on any atom is -0.313 e. The second-order valence-electron chi connectivity index (χ2n) is 4.97. The molecule has 1 atom stereocenters. The van der Waals surface area contributed by atoms with Gasteiger partial charge in [0.1, 0.15) is 0 Å². The summed E-state index contributed by atoms with van der Waals surface area (Å²) >= 11 is 1.74. The van der Waals surface area contributed by atoms with Crippen molar-refractivity contribution >= 4 is 11.3 Å². The monoisotopic (exact) mass is 273 g/mol. The van der Waals surface area contributed by atoms with Crippen LogP contribution in [0.5, 0.6) is 0 Å². The van der Waals surface area contributed by atoms with Gasteiger partial charge in [-0.05, 0) is 12.5 Å². The van der Waals surface area contributed by atoms with Crippen LogP contribution in [0.4, 0.5) is 0 Å². The van der Waals surface area contributed by atoms with Gasteiger partial charge in [0.05, 0.1) is 17.2 Å². The molecule has 1 fully saturated rings. The average Bonchev–Trinajstić information content (AvgIpc) is 2.87. The van der Waals surface area contributed by atoms with Crippen molar-refractivity contribution < 1.29 is 0 Å². The molecule has 100 valence electrons. The summed E-state index contributed by atoms with van der Waals surface area (Å²) in [5.74, 6) is 0. The van der Waals surface area contributed by atoms with E-state index in [0.717, 1.165) is 26.2 Å². The van der Waals surface area contributed by atoms with E-state index in [2.05, 4.69) is 52.5 Å². The third kappa shape index (κ3) is 2.86. The van der Waals surface area contributed by atoms with Crippen LogP contribution in [0.3, 0.4) is 0 Å². The second kappa shape index (κ2) is 5.82. The Morgan fingerprint density at radius 2 is 2.21 bits per heavy atom. The Hall–Kier alpha value is -1.23. The molecule has 3 rings (SSSR count). The molecule has 0 saturated carbocycles. The molecule has 0 radical (unpaired) electrons. The summed E-state index contributed by atoms with van der Waals surface area (Å²) < 4.78 is 0. The van der Waals surface area contributed by atoms with E-state index in [9.17, 15) is 0 Å². The average molecular weight is 273 g/mol. The quantitative estimate of drug-likeness (QED) is 0.931. The summed E-state index contributed by atoms with van der Waals surface area (Å²) in [6, 6.07) is 11.1. The highest BCUT2D eigenvalue weighted by Crippen LogP contribution is 2.27. The highest BCUT2D eigenvalue weighted by molar-refractivity contribution is 7.09. The van der Waals surface area contributed by atoms with Crippen molar-refractivity contribution in [2.45, 2.75) is 19.5 Å². The van der Waals surface area contributed by atoms with Crippen LogP contribution >= 0.6 is 11.3 Å². The fraction of sp³-hybridized carbons (Fsp3) is 0.400. The predicted molar refractivity (Wildman–Crippen MR) is 79.3 cm³/mol. The van der Waals surface area contributed by atoms with Crippen molar-refractivity contribution in [1.29, 1.82) is 0 Å². The number of rotatable bonds is 3. The first-order valence-electron chi connectivity index (χ1n) is 6.73. The predicted octanol–water partition coefficient (Wildman–Crippen LogP) is 2.60. The van der Waals surface area contributed by atoms with Crippen molar-refractivity contribution in [3.63, 3.8) is 0 Å². The number of nitrogens with zero attached hydrogens (tertiary/aromatic N) is 2. The summed E-state index contributed by atoms with van der Waals surface area (Å²) in [6.45, 7) is 6.31. The number of benzene rings is 1. The summed E-state index contributed by atoms with van der Waals surface area (Å²) in [4.78, 5) is 8.44. The molecule has 1 aliphatic heterocycles. The van der Waals surface area contributed by atoms with Gasteiger partial charge in [0, 0.05) is 31.1 Å². The zero-order valence-corrected chi connectivity index (χ0v) is 12.0. The fourth-order valence-electron chi connectivity index (χ4n) is 2.66. The minimum absolute atomic E-state index is 0.403. The number of thiazole rings is 1. The normalized spacial score (nSPS) is 20.6. The number of hydrogen-bond acceptors (Lipinski definition) is 4. The van der Waals surface area contributed by atoms with Gasteiger partial charge in [-0.15, -0.1) is 11.3 Å². The molecule has 0 spiro atoms. The van der Waals surface area contributed by atoms with Gasteiger partial charge >= 0.3 is 0 Å². The van der Waals surface area contributed by atoms with Crippen LogP contribution in [0.2, 0.25) is 0 Å². The molecule has 1 aromatic carbocycles. The molecule has 19 heavy (non-hydrogen) atoms. The van der Waals surface area contributed by atoms with Crippen molar-refractivity contribution in [3.05, 3.63) is 52.0 Å². The van der Waals surface area contributed by atoms with Crippen molar-refractivity contribution in [2.75, 3.05) is 19.6 Å². The van der Waals surface area contributed by atoms with E-state index in [1.54, 1.807) is 11.3 Å². The second-order valence-corrected chi connectivity index (χ2v) is 6.03. The third-order valence-corrected chi connectivity index (χ3v) is 4.45. The van der Waals surface area contributed by atoms with E-state index in [1.807, 2.05) is 5.51 Å². The third-order valence-electron chi connectivity index (χ3n) is 3.68. The smallest absolute Gasteiger partial charge is 0.0798 e. The van der Waals surface area contributed by atoms with E-state index in [4.69, 9.17) is 0 Å². The van der Waals surface area contributed by atoms with Gasteiger partial charge in [0.2, 0.25) is 0 Å². The van der Waals surface area contributed by atoms with Crippen LogP contribution in [-0.2, 0) is 6.54 Å². The summed E-state index contributed by atoms with van der Waals surface area (Å²) in [7, 11) is 0. The van der Waals surface area contributed by atoms with Gasteiger partial charge in [-0.3, -0.25) is 4.90 Å². The first-order chi connectivity index (χ1) is 9.34. The molecule has 3 nitrogen and oxygen atoms in total. The van der Waals surface area contributed by atoms with Crippen LogP contribution in [-0.4, -0.2) is 29.5 Å². The zero-order chi connectivity index (χ0) is 13.1. The molecule has 2 heterocycles. The molecular formula is C15H19N3S. The number of aromatic nitrogens is 1. The van der Waals surface area contributed by atoms with Crippen molar-refractivity contribution in [3.8, 4) is 0 Å². The lowest BCUT2D eigenvalue weighted by Crippen LogP contribution is -2.45. The van der Waals surface area contributed by atoms with E-state index >= 15 is 0 Å². The molecule has 4 heteroatoms. The van der Waals surface area contributed by atoms with Gasteiger partial charge in [0.25, 0.3) is 0 Å². The molecule has 1 saturated heterocycles. The largest absolute Gasteiger partial charge is 0.313 e. The Bertz CT molecular complexity index is 523. The first kappa shape index (κ1) is 12.8. The van der Waals surface area contributed by atoms with Crippen LogP contribution < -0.4 is 5.32 Å². The minimum atomic E-state index is 0.403. The van der Waals surface area contributed by atoms with E-state index < -0.39 is 0 Å². The van der Waals surface area contributed by atoms with Crippen molar-refractivity contribution in [1.82, 2.24) is 15.2 Å². The molecule has 0 amide bonds. The summed E-state index contributed by atoms with van der Waals surface area (Å²) in [5.41, 5.74) is 4.58. The van der Waals surface area contributed by atoms with Gasteiger partial charge in [0.15, 0.2) is 0 Å². The summed E-state index contributed by atoms with van der Waals surface area (Å²) in [5, 5.41) is 3.49. The highest BCUT2D eigenvalue weighted by atomic mass is 32.1. The number of hydrogen-bond donors (Lipinski definition) is 1. The number of aryl methyl sites for hydroxylation is 1. The Morgan fingerprint density at radius 1 is 1.37 bits per heavy atom. The van der Waals surface area contributed by atoms with E-state index in [-0.39, 0.29) is 0 Å². The van der Waals surface area contributed by atoms with Crippen LogP contribution in [0.1, 0.15) is 22.2 Å². The fourth-order valence-corrected chi connectivity index (χ4v) is 3.29. The highest BCUT2D eigenvalue weighted by Gasteiger charge is 2.26.